The molecule has 3 aromatic carbocycles. The van der Waals surface area contributed by atoms with Gasteiger partial charge in [0.1, 0.15) is 6.04 Å². The zero-order valence-corrected chi connectivity index (χ0v) is 17.7. The van der Waals surface area contributed by atoms with E-state index in [-0.39, 0.29) is 5.91 Å². The average Bonchev–Trinajstić information content (AvgIpc) is 2.68. The minimum atomic E-state index is -0.391. The molecule has 0 radical (unpaired) electrons. The van der Waals surface area contributed by atoms with Crippen LogP contribution in [0.2, 0.25) is 0 Å². The molecule has 0 aliphatic heterocycles. The fourth-order valence-electron chi connectivity index (χ4n) is 2.76. The minimum Gasteiger partial charge on any atom is -0.374 e. The Balaban J connectivity index is 1.65. The van der Waals surface area contributed by atoms with E-state index in [1.165, 1.54) is 14.5 Å². The van der Waals surface area contributed by atoms with E-state index >= 15 is 0 Å². The first kappa shape index (κ1) is 19.4. The monoisotopic (exact) mass is 471 g/mol. The van der Waals surface area contributed by atoms with Crippen LogP contribution in [0.4, 0.5) is 5.69 Å². The van der Waals surface area contributed by atoms with Gasteiger partial charge in [-0.15, -0.1) is 0 Å². The Morgan fingerprint density at radius 3 is 2.52 bits per heavy atom. The highest BCUT2D eigenvalue weighted by Crippen LogP contribution is 2.18. The number of hydrazone groups is 1. The molecule has 0 saturated heterocycles. The number of halogens is 1. The van der Waals surface area contributed by atoms with Crippen molar-refractivity contribution in [2.24, 2.45) is 5.10 Å². The first-order chi connectivity index (χ1) is 12.9. The van der Waals surface area contributed by atoms with Gasteiger partial charge in [0.2, 0.25) is 0 Å². The van der Waals surface area contributed by atoms with Crippen molar-refractivity contribution >= 4 is 50.7 Å². The van der Waals surface area contributed by atoms with E-state index in [1.807, 2.05) is 50.2 Å². The summed E-state index contributed by atoms with van der Waals surface area (Å²) >= 11 is 2.29. The minimum absolute atomic E-state index is 0.175. The lowest BCUT2D eigenvalue weighted by atomic mass is 10.0. The molecule has 0 bridgehead atoms. The number of amides is 1. The van der Waals surface area contributed by atoms with Crippen LogP contribution in [0.3, 0.4) is 0 Å². The van der Waals surface area contributed by atoms with Crippen LogP contribution < -0.4 is 10.7 Å². The molecular weight excluding hydrogens is 449 g/mol. The summed E-state index contributed by atoms with van der Waals surface area (Å²) in [4.78, 5) is 12.4. The van der Waals surface area contributed by atoms with Crippen molar-refractivity contribution in [1.82, 2.24) is 5.43 Å². The highest BCUT2D eigenvalue weighted by molar-refractivity contribution is 14.1. The maximum Gasteiger partial charge on any atom is 0.262 e. The van der Waals surface area contributed by atoms with Crippen molar-refractivity contribution < 1.29 is 4.79 Å². The molecule has 2 N–H and O–H groups in total. The lowest BCUT2D eigenvalue weighted by molar-refractivity contribution is -0.121. The topological polar surface area (TPSA) is 53.5 Å². The molecule has 0 saturated carbocycles. The van der Waals surface area contributed by atoms with Gasteiger partial charge in [0.25, 0.3) is 5.91 Å². The summed E-state index contributed by atoms with van der Waals surface area (Å²) in [5.41, 5.74) is 6.52. The highest BCUT2D eigenvalue weighted by Gasteiger charge is 2.12. The van der Waals surface area contributed by atoms with Gasteiger partial charge < -0.3 is 5.32 Å². The van der Waals surface area contributed by atoms with E-state index in [9.17, 15) is 4.79 Å². The Bertz CT molecular complexity index is 1010. The van der Waals surface area contributed by atoms with Crippen molar-refractivity contribution in [1.29, 1.82) is 0 Å². The molecule has 3 rings (SSSR count). The number of carbonyl (C=O) groups is 1. The lowest BCUT2D eigenvalue weighted by Gasteiger charge is -2.14. The quantitative estimate of drug-likeness (QED) is 0.309. The van der Waals surface area contributed by atoms with Crippen molar-refractivity contribution in [2.45, 2.75) is 26.8 Å². The van der Waals surface area contributed by atoms with Crippen LogP contribution in [0.5, 0.6) is 0 Å². The molecule has 138 valence electrons. The number of nitrogens with one attached hydrogen (secondary N) is 2. The predicted octanol–water partition coefficient (Wildman–Crippen LogP) is 5.09. The van der Waals surface area contributed by atoms with Gasteiger partial charge in [-0.25, -0.2) is 5.43 Å². The molecule has 1 amide bonds. The molecule has 0 fully saturated rings. The number of hydrogen-bond acceptors (Lipinski definition) is 3. The molecule has 0 aliphatic carbocycles. The summed E-state index contributed by atoms with van der Waals surface area (Å²) < 4.78 is 1.20. The number of rotatable bonds is 5. The van der Waals surface area contributed by atoms with E-state index in [4.69, 9.17) is 0 Å². The third-order valence-electron chi connectivity index (χ3n) is 4.44. The lowest BCUT2D eigenvalue weighted by Crippen LogP contribution is -2.35. The number of carbonyl (C=O) groups excluding carboxylic acids is 1. The van der Waals surface area contributed by atoms with Crippen molar-refractivity contribution in [2.75, 3.05) is 5.32 Å². The fraction of sp³-hybridized carbons (Fsp3) is 0.182. The maximum absolute atomic E-state index is 12.4. The first-order valence-electron chi connectivity index (χ1n) is 8.80. The van der Waals surface area contributed by atoms with Crippen LogP contribution in [0.25, 0.3) is 10.8 Å². The Kier molecular flexibility index (Phi) is 6.11. The van der Waals surface area contributed by atoms with E-state index in [2.05, 4.69) is 69.6 Å². The smallest absolute Gasteiger partial charge is 0.262 e. The van der Waals surface area contributed by atoms with Gasteiger partial charge in [-0.3, -0.25) is 4.79 Å². The zero-order chi connectivity index (χ0) is 19.4. The van der Waals surface area contributed by atoms with Crippen molar-refractivity contribution in [3.8, 4) is 0 Å². The van der Waals surface area contributed by atoms with Gasteiger partial charge in [0, 0.05) is 9.26 Å². The number of anilines is 1. The largest absolute Gasteiger partial charge is 0.374 e. The second-order valence-electron chi connectivity index (χ2n) is 6.57. The summed E-state index contributed by atoms with van der Waals surface area (Å²) in [7, 11) is 0. The Labute approximate surface area is 173 Å². The SMILES string of the molecule is C/C(=N\NC(=O)[C@H](C)Nc1ccc(I)c(C)c1)c1ccc2ccccc2c1. The molecule has 0 aromatic heterocycles. The van der Waals surface area contributed by atoms with Gasteiger partial charge in [-0.05, 0) is 89.5 Å². The van der Waals surface area contributed by atoms with Crippen LogP contribution in [-0.4, -0.2) is 17.7 Å². The summed E-state index contributed by atoms with van der Waals surface area (Å²) in [6, 6.07) is 20.0. The van der Waals surface area contributed by atoms with Crippen LogP contribution in [0.15, 0.2) is 65.8 Å². The number of hydrogen-bond donors (Lipinski definition) is 2. The molecule has 3 aromatic rings. The first-order valence-corrected chi connectivity index (χ1v) is 9.88. The van der Waals surface area contributed by atoms with Crippen LogP contribution >= 0.6 is 22.6 Å². The summed E-state index contributed by atoms with van der Waals surface area (Å²) in [5.74, 6) is -0.175. The molecule has 5 heteroatoms. The van der Waals surface area contributed by atoms with Gasteiger partial charge in [-0.1, -0.05) is 36.4 Å². The molecule has 0 aliphatic rings. The Hall–Kier alpha value is -2.41. The molecular formula is C22H22IN3O. The van der Waals surface area contributed by atoms with Crippen molar-refractivity contribution in [3.05, 3.63) is 75.4 Å². The fourth-order valence-corrected chi connectivity index (χ4v) is 3.10. The standard InChI is InChI=1S/C22H22IN3O/c1-14-12-20(10-11-21(14)23)24-16(3)22(27)26-25-15(2)18-9-8-17-6-4-5-7-19(17)13-18/h4-13,16,24H,1-3H3,(H,26,27)/b25-15+/t16-/m0/s1. The number of nitrogens with zero attached hydrogens (tertiary/aromatic N) is 1. The third kappa shape index (κ3) is 4.86. The normalized spacial score (nSPS) is 12.7. The van der Waals surface area contributed by atoms with Crippen LogP contribution in [0.1, 0.15) is 25.0 Å². The molecule has 0 unspecified atom stereocenters. The Morgan fingerprint density at radius 2 is 1.78 bits per heavy atom. The van der Waals surface area contributed by atoms with Gasteiger partial charge in [0.15, 0.2) is 0 Å². The van der Waals surface area contributed by atoms with E-state index < -0.39 is 6.04 Å². The average molecular weight is 471 g/mol. The van der Waals surface area contributed by atoms with Crippen LogP contribution in [-0.2, 0) is 4.79 Å². The van der Waals surface area contributed by atoms with Gasteiger partial charge >= 0.3 is 0 Å². The second-order valence-corrected chi connectivity index (χ2v) is 7.73. The highest BCUT2D eigenvalue weighted by atomic mass is 127. The zero-order valence-electron chi connectivity index (χ0n) is 15.6. The predicted molar refractivity (Wildman–Crippen MR) is 121 cm³/mol. The van der Waals surface area contributed by atoms with E-state index in [1.54, 1.807) is 0 Å². The van der Waals surface area contributed by atoms with Crippen LogP contribution in [0, 0.1) is 10.5 Å². The van der Waals surface area contributed by atoms with E-state index in [0.717, 1.165) is 22.3 Å². The second kappa shape index (κ2) is 8.52. The molecule has 4 nitrogen and oxygen atoms in total. The van der Waals surface area contributed by atoms with E-state index in [0.29, 0.717) is 0 Å². The van der Waals surface area contributed by atoms with Crippen molar-refractivity contribution in [3.63, 3.8) is 0 Å². The summed E-state index contributed by atoms with van der Waals surface area (Å²) in [6.07, 6.45) is 0. The number of fused-ring (bicyclic) bond motifs is 1. The Morgan fingerprint density at radius 1 is 1.04 bits per heavy atom. The molecule has 1 atom stereocenters. The molecule has 0 heterocycles. The molecule has 27 heavy (non-hydrogen) atoms. The van der Waals surface area contributed by atoms with Gasteiger partial charge in [0.05, 0.1) is 5.71 Å². The molecule has 0 spiro atoms. The van der Waals surface area contributed by atoms with Gasteiger partial charge in [-0.2, -0.15) is 5.10 Å². The summed E-state index contributed by atoms with van der Waals surface area (Å²) in [6.45, 7) is 5.77. The summed E-state index contributed by atoms with van der Waals surface area (Å²) in [5, 5.41) is 9.82. The third-order valence-corrected chi connectivity index (χ3v) is 5.65. The maximum atomic E-state index is 12.4. The number of aryl methyl sites for hydroxylation is 1. The number of benzene rings is 3.